The molecule has 4 heteroatoms. The van der Waals surface area contributed by atoms with Gasteiger partial charge >= 0.3 is 6.18 Å². The topological polar surface area (TPSA) is 0 Å². The molecule has 0 unspecified atom stereocenters. The average Bonchev–Trinajstić information content (AvgIpc) is 2.69. The van der Waals surface area contributed by atoms with Crippen molar-refractivity contribution in [2.24, 2.45) is 0 Å². The van der Waals surface area contributed by atoms with Crippen LogP contribution in [-0.2, 0) is 6.18 Å². The van der Waals surface area contributed by atoms with E-state index in [-0.39, 0.29) is 0 Å². The third-order valence-corrected chi connectivity index (χ3v) is 2.94. The zero-order valence-corrected chi connectivity index (χ0v) is 8.40. The van der Waals surface area contributed by atoms with Crippen LogP contribution in [0.2, 0.25) is 0 Å². The first-order chi connectivity index (χ1) is 7.07. The van der Waals surface area contributed by atoms with Crippen LogP contribution in [0.15, 0.2) is 41.8 Å². The summed E-state index contributed by atoms with van der Waals surface area (Å²) >= 11 is 1.51. The van der Waals surface area contributed by atoms with Crippen LogP contribution in [0, 0.1) is 0 Å². The number of rotatable bonds is 1. The molecular weight excluding hydrogens is 221 g/mol. The van der Waals surface area contributed by atoms with Crippen LogP contribution in [0.5, 0.6) is 0 Å². The zero-order valence-electron chi connectivity index (χ0n) is 7.58. The lowest BCUT2D eigenvalue weighted by Gasteiger charge is -2.06. The molecule has 1 aromatic heterocycles. The fourth-order valence-corrected chi connectivity index (χ4v) is 2.00. The number of halogens is 3. The van der Waals surface area contributed by atoms with E-state index in [2.05, 4.69) is 0 Å². The second kappa shape index (κ2) is 3.70. The summed E-state index contributed by atoms with van der Waals surface area (Å²) in [6.45, 7) is 0. The average molecular weight is 228 g/mol. The normalized spacial score (nSPS) is 11.7. The molecule has 0 spiro atoms. The molecule has 0 N–H and O–H groups in total. The Hall–Kier alpha value is -1.29. The minimum absolute atomic E-state index is 0.609. The van der Waals surface area contributed by atoms with Gasteiger partial charge in [0.1, 0.15) is 0 Å². The molecule has 0 atom stereocenters. The van der Waals surface area contributed by atoms with Crippen molar-refractivity contribution in [3.8, 4) is 10.4 Å². The van der Waals surface area contributed by atoms with Crippen LogP contribution in [0.1, 0.15) is 5.56 Å². The van der Waals surface area contributed by atoms with E-state index in [0.29, 0.717) is 0 Å². The van der Waals surface area contributed by atoms with Crippen molar-refractivity contribution in [2.75, 3.05) is 0 Å². The lowest BCUT2D eigenvalue weighted by atomic mass is 10.1. The molecule has 0 aliphatic carbocycles. The van der Waals surface area contributed by atoms with Crippen LogP contribution >= 0.6 is 11.3 Å². The summed E-state index contributed by atoms with van der Waals surface area (Å²) in [5.74, 6) is 0. The molecule has 1 heterocycles. The van der Waals surface area contributed by atoms with Crippen molar-refractivity contribution in [1.29, 1.82) is 0 Å². The molecule has 0 radical (unpaired) electrons. The Kier molecular flexibility index (Phi) is 2.52. The van der Waals surface area contributed by atoms with Gasteiger partial charge in [0.2, 0.25) is 0 Å². The summed E-state index contributed by atoms with van der Waals surface area (Å²) in [5, 5.41) is 1.90. The molecule has 0 amide bonds. The Labute approximate surface area is 89.0 Å². The third kappa shape index (κ3) is 2.21. The van der Waals surface area contributed by atoms with Gasteiger partial charge in [0.15, 0.2) is 0 Å². The smallest absolute Gasteiger partial charge is 0.166 e. The number of thiophene rings is 1. The summed E-state index contributed by atoms with van der Waals surface area (Å²) in [6, 6.07) is 8.96. The van der Waals surface area contributed by atoms with E-state index in [1.807, 2.05) is 17.5 Å². The quantitative estimate of drug-likeness (QED) is 0.677. The Morgan fingerprint density at radius 2 is 1.60 bits per heavy atom. The maximum atomic E-state index is 12.3. The van der Waals surface area contributed by atoms with E-state index in [9.17, 15) is 13.2 Å². The van der Waals surface area contributed by atoms with E-state index < -0.39 is 11.7 Å². The van der Waals surface area contributed by atoms with E-state index in [1.54, 1.807) is 0 Å². The molecule has 15 heavy (non-hydrogen) atoms. The van der Waals surface area contributed by atoms with Crippen molar-refractivity contribution in [3.63, 3.8) is 0 Å². The highest BCUT2D eigenvalue weighted by Gasteiger charge is 2.29. The van der Waals surface area contributed by atoms with E-state index >= 15 is 0 Å². The first-order valence-electron chi connectivity index (χ1n) is 4.28. The third-order valence-electron chi connectivity index (χ3n) is 2.02. The Bertz CT molecular complexity index is 426. The van der Waals surface area contributed by atoms with Crippen LogP contribution < -0.4 is 0 Å². The van der Waals surface area contributed by atoms with E-state index in [1.165, 1.54) is 23.5 Å². The molecule has 1 aromatic carbocycles. The largest absolute Gasteiger partial charge is 0.416 e. The lowest BCUT2D eigenvalue weighted by molar-refractivity contribution is -0.137. The predicted octanol–water partition coefficient (Wildman–Crippen LogP) is 4.43. The number of alkyl halides is 3. The number of benzene rings is 1. The second-order valence-corrected chi connectivity index (χ2v) is 4.00. The fraction of sp³-hybridized carbons (Fsp3) is 0.0909. The first kappa shape index (κ1) is 10.2. The van der Waals surface area contributed by atoms with Gasteiger partial charge in [0.05, 0.1) is 5.56 Å². The molecule has 0 aliphatic rings. The van der Waals surface area contributed by atoms with Crippen LogP contribution in [0.4, 0.5) is 13.2 Å². The summed E-state index contributed by atoms with van der Waals surface area (Å²) in [4.78, 5) is 0.976. The second-order valence-electron chi connectivity index (χ2n) is 3.05. The van der Waals surface area contributed by atoms with E-state index in [4.69, 9.17) is 0 Å². The minimum atomic E-state index is -4.26. The van der Waals surface area contributed by atoms with Gasteiger partial charge in [-0.1, -0.05) is 18.2 Å². The number of hydrogen-bond donors (Lipinski definition) is 0. The molecule has 0 saturated heterocycles. The molecule has 2 aromatic rings. The number of hydrogen-bond acceptors (Lipinski definition) is 1. The SMILES string of the molecule is FC(F)(F)c1ccc(-c2cccs2)cc1. The Morgan fingerprint density at radius 3 is 2.07 bits per heavy atom. The summed E-state index contributed by atoms with van der Waals surface area (Å²) in [5.41, 5.74) is 0.209. The summed E-state index contributed by atoms with van der Waals surface area (Å²) in [7, 11) is 0. The maximum Gasteiger partial charge on any atom is 0.416 e. The molecule has 2 rings (SSSR count). The van der Waals surface area contributed by atoms with Gasteiger partial charge in [0, 0.05) is 4.88 Å². The van der Waals surface area contributed by atoms with Gasteiger partial charge in [0.25, 0.3) is 0 Å². The minimum Gasteiger partial charge on any atom is -0.166 e. The molecule has 0 nitrogen and oxygen atoms in total. The van der Waals surface area contributed by atoms with Gasteiger partial charge in [-0.3, -0.25) is 0 Å². The highest BCUT2D eigenvalue weighted by atomic mass is 32.1. The van der Waals surface area contributed by atoms with Crippen molar-refractivity contribution in [3.05, 3.63) is 47.3 Å². The van der Waals surface area contributed by atoms with Crippen molar-refractivity contribution in [2.45, 2.75) is 6.18 Å². The molecule has 0 aliphatic heterocycles. The maximum absolute atomic E-state index is 12.3. The predicted molar refractivity (Wildman–Crippen MR) is 54.8 cm³/mol. The van der Waals surface area contributed by atoms with Gasteiger partial charge in [-0.2, -0.15) is 13.2 Å². The van der Waals surface area contributed by atoms with Crippen molar-refractivity contribution < 1.29 is 13.2 Å². The van der Waals surface area contributed by atoms with Crippen LogP contribution in [0.25, 0.3) is 10.4 Å². The summed E-state index contributed by atoms with van der Waals surface area (Å²) in [6.07, 6.45) is -4.26. The van der Waals surface area contributed by atoms with Crippen LogP contribution in [0.3, 0.4) is 0 Å². The van der Waals surface area contributed by atoms with Gasteiger partial charge < -0.3 is 0 Å². The van der Waals surface area contributed by atoms with E-state index in [0.717, 1.165) is 22.6 Å². The monoisotopic (exact) mass is 228 g/mol. The molecule has 78 valence electrons. The summed E-state index contributed by atoms with van der Waals surface area (Å²) < 4.78 is 36.8. The Balaban J connectivity index is 2.33. The standard InChI is InChI=1S/C11H7F3S/c12-11(13,14)9-5-3-8(4-6-9)10-2-1-7-15-10/h1-7H. The van der Waals surface area contributed by atoms with Crippen LogP contribution in [-0.4, -0.2) is 0 Å². The fourth-order valence-electron chi connectivity index (χ4n) is 1.27. The van der Waals surface area contributed by atoms with Crippen molar-refractivity contribution >= 4 is 11.3 Å². The molecule has 0 bridgehead atoms. The lowest BCUT2D eigenvalue weighted by Crippen LogP contribution is -2.03. The van der Waals surface area contributed by atoms with Gasteiger partial charge in [-0.25, -0.2) is 0 Å². The molecular formula is C11H7F3S. The first-order valence-corrected chi connectivity index (χ1v) is 5.16. The Morgan fingerprint density at radius 1 is 0.933 bits per heavy atom. The van der Waals surface area contributed by atoms with Gasteiger partial charge in [-0.15, -0.1) is 11.3 Å². The van der Waals surface area contributed by atoms with Gasteiger partial charge in [-0.05, 0) is 29.1 Å². The molecule has 0 saturated carbocycles. The zero-order chi connectivity index (χ0) is 10.9. The highest BCUT2D eigenvalue weighted by molar-refractivity contribution is 7.13. The highest BCUT2D eigenvalue weighted by Crippen LogP contribution is 2.31. The van der Waals surface area contributed by atoms with Crippen molar-refractivity contribution in [1.82, 2.24) is 0 Å². The molecule has 0 fully saturated rings.